The van der Waals surface area contributed by atoms with E-state index in [1.54, 1.807) is 22.8 Å². The van der Waals surface area contributed by atoms with Gasteiger partial charge in [-0.15, -0.1) is 0 Å². The van der Waals surface area contributed by atoms with Gasteiger partial charge in [-0.1, -0.05) is 12.1 Å². The minimum Gasteiger partial charge on any atom is -0.507 e. The fraction of sp³-hybridized carbons (Fsp3) is 0.208. The van der Waals surface area contributed by atoms with Gasteiger partial charge in [0.25, 0.3) is 5.78 Å². The Hall–Kier alpha value is -3.98. The minimum absolute atomic E-state index is 0.200. The molecule has 1 aliphatic rings. The van der Waals surface area contributed by atoms with Gasteiger partial charge >= 0.3 is 5.97 Å². The Balaban J connectivity index is 1.87. The highest BCUT2D eigenvalue weighted by Crippen LogP contribution is 2.24. The third-order valence-corrected chi connectivity index (χ3v) is 5.57. The molecule has 0 bridgehead atoms. The summed E-state index contributed by atoms with van der Waals surface area (Å²) in [4.78, 5) is 37.7. The number of anilines is 1. The third-order valence-electron chi connectivity index (χ3n) is 5.57. The first-order valence-corrected chi connectivity index (χ1v) is 10.4. The molecule has 2 heterocycles. The van der Waals surface area contributed by atoms with E-state index in [4.69, 9.17) is 5.11 Å². The van der Waals surface area contributed by atoms with E-state index < -0.39 is 22.9 Å². The number of piperazine rings is 1. The quantitative estimate of drug-likeness (QED) is 0.299. The van der Waals surface area contributed by atoms with Crippen LogP contribution in [0.5, 0.6) is 0 Å². The van der Waals surface area contributed by atoms with E-state index in [0.717, 1.165) is 37.4 Å². The van der Waals surface area contributed by atoms with E-state index in [0.29, 0.717) is 17.0 Å². The van der Waals surface area contributed by atoms with Gasteiger partial charge in [-0.2, -0.15) is 0 Å². The van der Waals surface area contributed by atoms with Crippen LogP contribution in [0.15, 0.2) is 59.5 Å². The summed E-state index contributed by atoms with van der Waals surface area (Å²) < 4.78 is 15.1. The van der Waals surface area contributed by atoms with Crippen molar-refractivity contribution in [2.75, 3.05) is 31.1 Å². The van der Waals surface area contributed by atoms with Gasteiger partial charge in [0.2, 0.25) is 0 Å². The summed E-state index contributed by atoms with van der Waals surface area (Å²) in [5.74, 6) is -4.19. The second-order valence-electron chi connectivity index (χ2n) is 7.76. The molecular formula is C24H22FN3O5. The number of nitrogens with one attached hydrogen (secondary N) is 1. The first-order valence-electron chi connectivity index (χ1n) is 10.4. The molecule has 170 valence electrons. The summed E-state index contributed by atoms with van der Waals surface area (Å²) >= 11 is 0. The van der Waals surface area contributed by atoms with Crippen molar-refractivity contribution in [3.8, 4) is 0 Å². The minimum atomic E-state index is -1.74. The second kappa shape index (κ2) is 9.25. The van der Waals surface area contributed by atoms with E-state index in [2.05, 4.69) is 10.2 Å². The number of pyridine rings is 1. The molecule has 1 saturated heterocycles. The molecule has 0 aliphatic carbocycles. The zero-order valence-corrected chi connectivity index (χ0v) is 17.6. The number of fused-ring (bicyclic) bond motifs is 1. The molecule has 0 atom stereocenters. The van der Waals surface area contributed by atoms with Crippen molar-refractivity contribution in [1.29, 1.82) is 0 Å². The molecule has 1 aliphatic heterocycles. The summed E-state index contributed by atoms with van der Waals surface area (Å²) in [6.07, 6.45) is 1.90. The molecule has 0 saturated carbocycles. The number of carbonyl (C=O) groups excluding carboxylic acids is 1. The van der Waals surface area contributed by atoms with Crippen LogP contribution in [-0.4, -0.2) is 52.7 Å². The molecule has 0 radical (unpaired) electrons. The van der Waals surface area contributed by atoms with Crippen LogP contribution in [-0.2, 0) is 16.1 Å². The van der Waals surface area contributed by atoms with Crippen LogP contribution in [0.25, 0.3) is 16.7 Å². The number of carboxylic acid groups (broad SMARTS) is 1. The average molecular weight is 451 g/mol. The van der Waals surface area contributed by atoms with E-state index in [-0.39, 0.29) is 17.9 Å². The maximum atomic E-state index is 13.4. The number of aromatic nitrogens is 1. The number of nitrogens with zero attached hydrogens (tertiary/aromatic N) is 2. The lowest BCUT2D eigenvalue weighted by Crippen LogP contribution is -2.43. The second-order valence-corrected chi connectivity index (χ2v) is 7.76. The van der Waals surface area contributed by atoms with Crippen molar-refractivity contribution in [1.82, 2.24) is 9.88 Å². The van der Waals surface area contributed by atoms with Crippen LogP contribution in [0.4, 0.5) is 10.1 Å². The van der Waals surface area contributed by atoms with Crippen LogP contribution >= 0.6 is 0 Å². The number of ketones is 1. The van der Waals surface area contributed by atoms with Gasteiger partial charge in [-0.3, -0.25) is 9.59 Å². The SMILES string of the molecule is O=C(O)C(=O)/C=C(\O)c1cn(Cc2ccc(F)cc2)c2cc(N3CCNCC3)ccc2c1=O. The van der Waals surface area contributed by atoms with Gasteiger partial charge in [0.05, 0.1) is 11.1 Å². The zero-order valence-electron chi connectivity index (χ0n) is 17.6. The molecular weight excluding hydrogens is 429 g/mol. The number of rotatable bonds is 6. The Bertz CT molecular complexity index is 1310. The molecule has 0 spiro atoms. The Labute approximate surface area is 188 Å². The highest BCUT2D eigenvalue weighted by molar-refractivity contribution is 6.38. The predicted octanol–water partition coefficient (Wildman–Crippen LogP) is 2.15. The molecule has 3 aromatic rings. The van der Waals surface area contributed by atoms with E-state index in [1.807, 2.05) is 12.1 Å². The number of hydrogen-bond acceptors (Lipinski definition) is 6. The molecule has 4 rings (SSSR count). The lowest BCUT2D eigenvalue weighted by atomic mass is 10.1. The third kappa shape index (κ3) is 4.78. The van der Waals surface area contributed by atoms with Crippen molar-refractivity contribution >= 4 is 34.1 Å². The molecule has 0 amide bonds. The van der Waals surface area contributed by atoms with Crippen molar-refractivity contribution in [2.45, 2.75) is 6.54 Å². The first kappa shape index (κ1) is 22.2. The van der Waals surface area contributed by atoms with Crippen molar-refractivity contribution in [2.24, 2.45) is 0 Å². The van der Waals surface area contributed by atoms with Crippen LogP contribution in [0.2, 0.25) is 0 Å². The van der Waals surface area contributed by atoms with Crippen molar-refractivity contribution < 1.29 is 24.2 Å². The standard InChI is InChI=1S/C24H22FN3O5/c25-16-3-1-15(2-4-16)13-28-14-19(21(29)12-22(30)24(32)33)23(31)18-6-5-17(11-20(18)28)27-9-7-26-8-10-27/h1-6,11-12,14,26,29H,7-10,13H2,(H,32,33)/b21-12-. The van der Waals surface area contributed by atoms with Gasteiger partial charge in [-0.05, 0) is 35.9 Å². The van der Waals surface area contributed by atoms with Crippen LogP contribution in [0.1, 0.15) is 11.1 Å². The van der Waals surface area contributed by atoms with E-state index >= 15 is 0 Å². The number of aliphatic carboxylic acids is 1. The summed E-state index contributed by atoms with van der Waals surface area (Å²) in [5.41, 5.74) is 1.56. The highest BCUT2D eigenvalue weighted by Gasteiger charge is 2.18. The summed E-state index contributed by atoms with van der Waals surface area (Å²) in [7, 11) is 0. The maximum Gasteiger partial charge on any atom is 0.376 e. The summed E-state index contributed by atoms with van der Waals surface area (Å²) in [6.45, 7) is 3.57. The number of aliphatic hydroxyl groups is 1. The number of carboxylic acids is 1. The number of benzene rings is 2. The number of carbonyl (C=O) groups is 2. The number of halogens is 1. The predicted molar refractivity (Wildman–Crippen MR) is 122 cm³/mol. The molecule has 2 aromatic carbocycles. The largest absolute Gasteiger partial charge is 0.507 e. The first-order chi connectivity index (χ1) is 15.8. The smallest absolute Gasteiger partial charge is 0.376 e. The molecule has 1 fully saturated rings. The number of aliphatic hydroxyl groups excluding tert-OH is 1. The lowest BCUT2D eigenvalue weighted by molar-refractivity contribution is -0.146. The lowest BCUT2D eigenvalue weighted by Gasteiger charge is -2.30. The van der Waals surface area contributed by atoms with Crippen LogP contribution in [0.3, 0.4) is 0 Å². The Kier molecular flexibility index (Phi) is 6.23. The van der Waals surface area contributed by atoms with Crippen molar-refractivity contribution in [3.63, 3.8) is 0 Å². The summed E-state index contributed by atoms with van der Waals surface area (Å²) in [6, 6.07) is 11.3. The van der Waals surface area contributed by atoms with E-state index in [9.17, 15) is 23.9 Å². The number of hydrogen-bond donors (Lipinski definition) is 3. The van der Waals surface area contributed by atoms with Gasteiger partial charge in [-0.25, -0.2) is 9.18 Å². The fourth-order valence-corrected chi connectivity index (χ4v) is 3.86. The van der Waals surface area contributed by atoms with Gasteiger partial charge in [0.15, 0.2) is 5.43 Å². The Morgan fingerprint density at radius 2 is 1.76 bits per heavy atom. The Morgan fingerprint density at radius 1 is 1.06 bits per heavy atom. The van der Waals surface area contributed by atoms with E-state index in [1.165, 1.54) is 18.3 Å². The molecule has 3 N–H and O–H groups in total. The molecule has 8 nitrogen and oxygen atoms in total. The monoisotopic (exact) mass is 451 g/mol. The molecule has 9 heteroatoms. The highest BCUT2D eigenvalue weighted by atomic mass is 19.1. The van der Waals surface area contributed by atoms with Gasteiger partial charge in [0, 0.05) is 56.1 Å². The zero-order chi connectivity index (χ0) is 23.5. The van der Waals surface area contributed by atoms with Crippen molar-refractivity contribution in [3.05, 3.63) is 81.9 Å². The summed E-state index contributed by atoms with van der Waals surface area (Å²) in [5, 5.41) is 22.8. The fourth-order valence-electron chi connectivity index (χ4n) is 3.86. The Morgan fingerprint density at radius 3 is 2.42 bits per heavy atom. The van der Waals surface area contributed by atoms with Gasteiger partial charge < -0.3 is 25.0 Å². The molecule has 1 aromatic heterocycles. The topological polar surface area (TPSA) is 112 Å². The normalized spacial score (nSPS) is 14.5. The average Bonchev–Trinajstić information content (AvgIpc) is 2.82. The molecule has 0 unspecified atom stereocenters. The van der Waals surface area contributed by atoms with Gasteiger partial charge in [0.1, 0.15) is 11.6 Å². The molecule has 33 heavy (non-hydrogen) atoms. The maximum absolute atomic E-state index is 13.4. The van der Waals surface area contributed by atoms with Crippen LogP contribution in [0, 0.1) is 5.82 Å². The van der Waals surface area contributed by atoms with Crippen LogP contribution < -0.4 is 15.6 Å².